The number of hydrogen-bond acceptors (Lipinski definition) is 4. The lowest BCUT2D eigenvalue weighted by Crippen LogP contribution is -2.44. The molecule has 0 aromatic heterocycles. The van der Waals surface area contributed by atoms with Gasteiger partial charge in [0.25, 0.3) is 0 Å². The van der Waals surface area contributed by atoms with Gasteiger partial charge in [-0.2, -0.15) is 0 Å². The molecule has 4 nitrogen and oxygen atoms in total. The first-order valence-corrected chi connectivity index (χ1v) is 8.49. The zero-order valence-corrected chi connectivity index (χ0v) is 13.9. The lowest BCUT2D eigenvalue weighted by molar-refractivity contribution is 0.0555. The summed E-state index contributed by atoms with van der Waals surface area (Å²) in [4.78, 5) is 4.42. The van der Waals surface area contributed by atoms with Crippen molar-refractivity contribution in [2.45, 2.75) is 31.9 Å². The normalized spacial score (nSPS) is 18.4. The van der Waals surface area contributed by atoms with Crippen molar-refractivity contribution in [3.63, 3.8) is 0 Å². The van der Waals surface area contributed by atoms with E-state index in [-0.39, 0.29) is 11.4 Å². The zero-order valence-electron chi connectivity index (χ0n) is 13.9. The summed E-state index contributed by atoms with van der Waals surface area (Å²) in [6, 6.07) is 11.6. The average molecular weight is 322 g/mol. The van der Waals surface area contributed by atoms with E-state index in [1.165, 1.54) is 5.56 Å². The van der Waals surface area contributed by atoms with Gasteiger partial charge < -0.3 is 15.2 Å². The molecule has 2 aromatic rings. The minimum Gasteiger partial charge on any atom is -0.508 e. The molecule has 0 saturated carbocycles. The Balaban J connectivity index is 1.72. The van der Waals surface area contributed by atoms with Gasteiger partial charge in [0.05, 0.1) is 6.54 Å². The molecule has 1 fully saturated rings. The number of hydrogen-bond donors (Lipinski definition) is 2. The SMILES string of the molecule is CC1(Oc2cc(-c3ccc(O)cc3)cc3c2C=NC3)CCNCC1. The van der Waals surface area contributed by atoms with E-state index in [1.807, 2.05) is 18.3 Å². The Morgan fingerprint density at radius 3 is 2.58 bits per heavy atom. The monoisotopic (exact) mass is 322 g/mol. The number of piperidine rings is 1. The summed E-state index contributed by atoms with van der Waals surface area (Å²) in [6.07, 6.45) is 3.93. The van der Waals surface area contributed by atoms with Crippen LogP contribution in [0.5, 0.6) is 11.5 Å². The quantitative estimate of drug-likeness (QED) is 0.909. The lowest BCUT2D eigenvalue weighted by atomic mass is 9.93. The molecule has 2 aliphatic heterocycles. The maximum atomic E-state index is 9.51. The molecule has 2 aromatic carbocycles. The molecule has 0 bridgehead atoms. The number of phenols is 1. The summed E-state index contributed by atoms with van der Waals surface area (Å²) < 4.78 is 6.49. The Morgan fingerprint density at radius 2 is 1.83 bits per heavy atom. The third-order valence-electron chi connectivity index (χ3n) is 4.93. The van der Waals surface area contributed by atoms with Crippen molar-refractivity contribution in [1.29, 1.82) is 0 Å². The highest BCUT2D eigenvalue weighted by atomic mass is 16.5. The Morgan fingerprint density at radius 1 is 1.08 bits per heavy atom. The maximum Gasteiger partial charge on any atom is 0.129 e. The molecule has 0 radical (unpaired) electrons. The van der Waals surface area contributed by atoms with Gasteiger partial charge in [0.1, 0.15) is 17.1 Å². The van der Waals surface area contributed by atoms with Crippen molar-refractivity contribution in [1.82, 2.24) is 5.32 Å². The summed E-state index contributed by atoms with van der Waals surface area (Å²) in [6.45, 7) is 4.88. The van der Waals surface area contributed by atoms with Crippen LogP contribution >= 0.6 is 0 Å². The molecule has 4 rings (SSSR count). The summed E-state index contributed by atoms with van der Waals surface area (Å²) >= 11 is 0. The van der Waals surface area contributed by atoms with E-state index in [2.05, 4.69) is 29.4 Å². The van der Waals surface area contributed by atoms with Gasteiger partial charge in [-0.1, -0.05) is 12.1 Å². The highest BCUT2D eigenvalue weighted by Crippen LogP contribution is 2.36. The number of nitrogens with zero attached hydrogens (tertiary/aromatic N) is 1. The molecule has 4 heteroatoms. The van der Waals surface area contributed by atoms with Crippen LogP contribution in [0.3, 0.4) is 0 Å². The van der Waals surface area contributed by atoms with Crippen LogP contribution in [0.1, 0.15) is 30.9 Å². The first-order valence-electron chi connectivity index (χ1n) is 8.49. The number of rotatable bonds is 3. The number of ether oxygens (including phenoxy) is 1. The smallest absolute Gasteiger partial charge is 0.129 e. The first-order chi connectivity index (χ1) is 11.6. The van der Waals surface area contributed by atoms with Crippen LogP contribution < -0.4 is 10.1 Å². The van der Waals surface area contributed by atoms with Crippen molar-refractivity contribution in [2.24, 2.45) is 4.99 Å². The minimum absolute atomic E-state index is 0.136. The Bertz CT molecular complexity index is 775. The van der Waals surface area contributed by atoms with Gasteiger partial charge >= 0.3 is 0 Å². The van der Waals surface area contributed by atoms with Gasteiger partial charge in [0.2, 0.25) is 0 Å². The summed E-state index contributed by atoms with van der Waals surface area (Å²) in [5, 5.41) is 12.9. The van der Waals surface area contributed by atoms with Crippen molar-refractivity contribution < 1.29 is 9.84 Å². The largest absolute Gasteiger partial charge is 0.508 e. The van der Waals surface area contributed by atoms with Crippen molar-refractivity contribution in [2.75, 3.05) is 13.1 Å². The standard InChI is InChI=1S/C20H22N2O2/c1-20(6-8-21-9-7-20)24-19-11-15(10-16-12-22-13-18(16)19)14-2-4-17(23)5-3-14/h2-5,10-11,13,21,23H,6-9,12H2,1H3. The van der Waals surface area contributed by atoms with Crippen LogP contribution in [0.2, 0.25) is 0 Å². The molecule has 0 amide bonds. The number of aromatic hydroxyl groups is 1. The summed E-state index contributed by atoms with van der Waals surface area (Å²) in [5.74, 6) is 1.20. The molecular formula is C20H22N2O2. The van der Waals surface area contributed by atoms with Crippen LogP contribution in [0.15, 0.2) is 41.4 Å². The van der Waals surface area contributed by atoms with Crippen LogP contribution in [-0.4, -0.2) is 30.0 Å². The summed E-state index contributed by atoms with van der Waals surface area (Å²) in [5.41, 5.74) is 4.35. The van der Waals surface area contributed by atoms with Crippen molar-refractivity contribution >= 4 is 6.21 Å². The van der Waals surface area contributed by atoms with E-state index >= 15 is 0 Å². The zero-order chi connectivity index (χ0) is 16.6. The number of aliphatic imine (C=N–C) groups is 1. The Kier molecular flexibility index (Phi) is 3.77. The molecule has 2 aliphatic rings. The van der Waals surface area contributed by atoms with Crippen LogP contribution in [0.4, 0.5) is 0 Å². The maximum absolute atomic E-state index is 9.51. The molecule has 0 atom stereocenters. The molecule has 2 heterocycles. The molecule has 0 spiro atoms. The topological polar surface area (TPSA) is 53.9 Å². The molecule has 24 heavy (non-hydrogen) atoms. The predicted molar refractivity (Wildman–Crippen MR) is 96.0 cm³/mol. The molecule has 0 unspecified atom stereocenters. The minimum atomic E-state index is -0.136. The third-order valence-corrected chi connectivity index (χ3v) is 4.93. The molecule has 1 saturated heterocycles. The molecule has 124 valence electrons. The highest BCUT2D eigenvalue weighted by Gasteiger charge is 2.30. The molecule has 2 N–H and O–H groups in total. The third kappa shape index (κ3) is 2.89. The number of nitrogens with one attached hydrogen (secondary N) is 1. The summed E-state index contributed by atoms with van der Waals surface area (Å²) in [7, 11) is 0. The molecule has 0 aliphatic carbocycles. The number of fused-ring (bicyclic) bond motifs is 1. The van der Waals surface area contributed by atoms with Crippen LogP contribution in [0, 0.1) is 0 Å². The second-order valence-corrected chi connectivity index (χ2v) is 6.87. The van der Waals surface area contributed by atoms with Crippen molar-refractivity contribution in [3.05, 3.63) is 47.5 Å². The van der Waals surface area contributed by atoms with Crippen LogP contribution in [0.25, 0.3) is 11.1 Å². The van der Waals surface area contributed by atoms with E-state index in [4.69, 9.17) is 4.74 Å². The fourth-order valence-corrected chi connectivity index (χ4v) is 3.43. The number of benzene rings is 2. The average Bonchev–Trinajstić information content (AvgIpc) is 3.05. The first kappa shape index (κ1) is 15.2. The second-order valence-electron chi connectivity index (χ2n) is 6.87. The fourth-order valence-electron chi connectivity index (χ4n) is 3.43. The lowest BCUT2D eigenvalue weighted by Gasteiger charge is -2.35. The van der Waals surface area contributed by atoms with E-state index in [0.717, 1.165) is 48.4 Å². The van der Waals surface area contributed by atoms with Gasteiger partial charge in [0.15, 0.2) is 0 Å². The van der Waals surface area contributed by atoms with Gasteiger partial charge in [-0.05, 0) is 73.8 Å². The number of phenolic OH excluding ortho intramolecular Hbond substituents is 1. The Labute approximate surface area is 142 Å². The van der Waals surface area contributed by atoms with E-state index in [0.29, 0.717) is 6.54 Å². The second kappa shape index (κ2) is 5.95. The Hall–Kier alpha value is -2.33. The van der Waals surface area contributed by atoms with E-state index in [9.17, 15) is 5.11 Å². The van der Waals surface area contributed by atoms with Gasteiger partial charge in [-0.25, -0.2) is 0 Å². The van der Waals surface area contributed by atoms with E-state index in [1.54, 1.807) is 12.1 Å². The highest BCUT2D eigenvalue weighted by molar-refractivity contribution is 5.90. The van der Waals surface area contributed by atoms with Gasteiger partial charge in [-0.15, -0.1) is 0 Å². The fraction of sp³-hybridized carbons (Fsp3) is 0.350. The van der Waals surface area contributed by atoms with Gasteiger partial charge in [0, 0.05) is 11.8 Å². The van der Waals surface area contributed by atoms with Crippen molar-refractivity contribution in [3.8, 4) is 22.6 Å². The van der Waals surface area contributed by atoms with Gasteiger partial charge in [-0.3, -0.25) is 4.99 Å². The van der Waals surface area contributed by atoms with E-state index < -0.39 is 0 Å². The molecular weight excluding hydrogens is 300 g/mol. The predicted octanol–water partition coefficient (Wildman–Crippen LogP) is 3.51. The van der Waals surface area contributed by atoms with Crippen LogP contribution in [-0.2, 0) is 6.54 Å².